The number of nitrogens with zero attached hydrogens (tertiary/aromatic N) is 1. The Morgan fingerprint density at radius 3 is 2.79 bits per heavy atom. The van der Waals surface area contributed by atoms with Crippen LogP contribution in [0.4, 0.5) is 14.5 Å². The first-order valence-corrected chi connectivity index (χ1v) is 4.80. The lowest BCUT2D eigenvalue weighted by atomic mass is 10.3. The number of para-hydroxylation sites is 1. The molecule has 0 atom stereocenters. The van der Waals surface area contributed by atoms with Gasteiger partial charge in [-0.2, -0.15) is 4.99 Å². The second kappa shape index (κ2) is 5.52. The molecular formula is C9H7F2NOS. The normalized spacial score (nSPS) is 9.93. The second-order valence-electron chi connectivity index (χ2n) is 2.37. The third-order valence-corrected chi connectivity index (χ3v) is 2.47. The number of alkyl halides is 2. The predicted octanol–water partition coefficient (Wildman–Crippen LogP) is 3.01. The quantitative estimate of drug-likeness (QED) is 0.439. The van der Waals surface area contributed by atoms with Gasteiger partial charge in [-0.1, -0.05) is 12.1 Å². The molecule has 0 radical (unpaired) electrons. The SMILES string of the molecule is O=C=Nc1ccccc1SCC(F)F. The maximum atomic E-state index is 11.9. The van der Waals surface area contributed by atoms with E-state index in [1.165, 1.54) is 6.08 Å². The zero-order valence-corrected chi connectivity index (χ0v) is 7.93. The van der Waals surface area contributed by atoms with Crippen LogP contribution >= 0.6 is 11.8 Å². The topological polar surface area (TPSA) is 29.4 Å². The van der Waals surface area contributed by atoms with Crippen LogP contribution in [0.1, 0.15) is 0 Å². The molecule has 5 heteroatoms. The van der Waals surface area contributed by atoms with Gasteiger partial charge in [0.1, 0.15) is 0 Å². The zero-order chi connectivity index (χ0) is 10.4. The molecule has 2 nitrogen and oxygen atoms in total. The lowest BCUT2D eigenvalue weighted by molar-refractivity contribution is 0.177. The molecule has 0 heterocycles. The van der Waals surface area contributed by atoms with E-state index in [1.54, 1.807) is 24.3 Å². The Bertz CT molecular complexity index is 350. The van der Waals surface area contributed by atoms with E-state index >= 15 is 0 Å². The number of benzene rings is 1. The molecule has 0 aliphatic heterocycles. The van der Waals surface area contributed by atoms with Crippen LogP contribution in [-0.4, -0.2) is 18.3 Å². The van der Waals surface area contributed by atoms with E-state index < -0.39 is 6.43 Å². The summed E-state index contributed by atoms with van der Waals surface area (Å²) in [5.74, 6) is -0.300. The predicted molar refractivity (Wildman–Crippen MR) is 51.0 cm³/mol. The number of aliphatic imine (C=N–C) groups is 1. The maximum Gasteiger partial charge on any atom is 0.247 e. The average molecular weight is 215 g/mol. The van der Waals surface area contributed by atoms with E-state index in [2.05, 4.69) is 4.99 Å². The Labute approximate surface area is 84.0 Å². The molecule has 0 spiro atoms. The van der Waals surface area contributed by atoms with Crippen molar-refractivity contribution < 1.29 is 13.6 Å². The average Bonchev–Trinajstić information content (AvgIpc) is 2.17. The third-order valence-electron chi connectivity index (χ3n) is 1.40. The molecule has 0 saturated carbocycles. The number of halogens is 2. The van der Waals surface area contributed by atoms with Gasteiger partial charge in [0, 0.05) is 4.90 Å². The summed E-state index contributed by atoms with van der Waals surface area (Å²) >= 11 is 0.972. The first-order chi connectivity index (χ1) is 6.74. The van der Waals surface area contributed by atoms with Gasteiger partial charge in [-0.05, 0) is 12.1 Å². The number of isocyanates is 1. The van der Waals surface area contributed by atoms with Gasteiger partial charge in [-0.3, -0.25) is 0 Å². The molecule has 0 N–H and O–H groups in total. The molecule has 1 aromatic rings. The van der Waals surface area contributed by atoms with Gasteiger partial charge < -0.3 is 0 Å². The van der Waals surface area contributed by atoms with E-state index in [4.69, 9.17) is 0 Å². The summed E-state index contributed by atoms with van der Waals surface area (Å²) in [7, 11) is 0. The zero-order valence-electron chi connectivity index (χ0n) is 7.11. The van der Waals surface area contributed by atoms with Crippen molar-refractivity contribution in [1.82, 2.24) is 0 Å². The third kappa shape index (κ3) is 3.28. The number of thioether (sulfide) groups is 1. The molecule has 0 aliphatic carbocycles. The Morgan fingerprint density at radius 1 is 1.43 bits per heavy atom. The highest BCUT2D eigenvalue weighted by molar-refractivity contribution is 7.99. The Kier molecular flexibility index (Phi) is 4.29. The number of hydrogen-bond acceptors (Lipinski definition) is 3. The van der Waals surface area contributed by atoms with Crippen molar-refractivity contribution in [3.05, 3.63) is 24.3 Å². The molecule has 0 fully saturated rings. The maximum absolute atomic E-state index is 11.9. The van der Waals surface area contributed by atoms with Crippen LogP contribution in [0.3, 0.4) is 0 Å². The molecule has 1 aromatic carbocycles. The molecular weight excluding hydrogens is 208 g/mol. The number of rotatable bonds is 4. The minimum Gasteiger partial charge on any atom is -0.211 e. The van der Waals surface area contributed by atoms with Gasteiger partial charge >= 0.3 is 0 Å². The van der Waals surface area contributed by atoms with Crippen molar-refractivity contribution in [2.75, 3.05) is 5.75 Å². The highest BCUT2D eigenvalue weighted by atomic mass is 32.2. The summed E-state index contributed by atoms with van der Waals surface area (Å²) in [5.41, 5.74) is 0.383. The lowest BCUT2D eigenvalue weighted by Gasteiger charge is -2.02. The monoisotopic (exact) mass is 215 g/mol. The minimum atomic E-state index is -2.37. The first-order valence-electron chi connectivity index (χ1n) is 3.82. The Hall–Kier alpha value is -1.19. The van der Waals surface area contributed by atoms with Crippen molar-refractivity contribution >= 4 is 23.5 Å². The lowest BCUT2D eigenvalue weighted by Crippen LogP contribution is -1.93. The molecule has 74 valence electrons. The molecule has 0 bridgehead atoms. The Morgan fingerprint density at radius 2 is 2.14 bits per heavy atom. The summed E-state index contributed by atoms with van der Waals surface area (Å²) in [5, 5.41) is 0. The molecule has 0 aromatic heterocycles. The van der Waals surface area contributed by atoms with Gasteiger partial charge in [0.05, 0.1) is 11.4 Å². The van der Waals surface area contributed by atoms with Crippen LogP contribution in [0.15, 0.2) is 34.2 Å². The van der Waals surface area contributed by atoms with E-state index in [9.17, 15) is 13.6 Å². The number of carbonyl (C=O) groups excluding carboxylic acids is 1. The van der Waals surface area contributed by atoms with Gasteiger partial charge in [0.25, 0.3) is 0 Å². The van der Waals surface area contributed by atoms with E-state index in [1.807, 2.05) is 0 Å². The second-order valence-corrected chi connectivity index (χ2v) is 3.43. The summed E-state index contributed by atoms with van der Waals surface area (Å²) in [6, 6.07) is 6.61. The minimum absolute atomic E-state index is 0.300. The fraction of sp³-hybridized carbons (Fsp3) is 0.222. The molecule has 0 saturated heterocycles. The van der Waals surface area contributed by atoms with Crippen LogP contribution in [0.25, 0.3) is 0 Å². The first kappa shape index (κ1) is 10.9. The standard InChI is InChI=1S/C9H7F2NOS/c10-9(11)5-14-8-4-2-1-3-7(8)12-6-13/h1-4,9H,5H2. The van der Waals surface area contributed by atoms with Crippen LogP contribution in [0, 0.1) is 0 Å². The van der Waals surface area contributed by atoms with Crippen molar-refractivity contribution in [3.8, 4) is 0 Å². The molecule has 0 unspecified atom stereocenters. The summed E-state index contributed by atoms with van der Waals surface area (Å²) in [6.07, 6.45) is -0.981. The van der Waals surface area contributed by atoms with Crippen LogP contribution in [-0.2, 0) is 4.79 Å². The van der Waals surface area contributed by atoms with Crippen molar-refractivity contribution in [2.45, 2.75) is 11.3 Å². The number of hydrogen-bond donors (Lipinski definition) is 0. The van der Waals surface area contributed by atoms with Crippen molar-refractivity contribution in [2.24, 2.45) is 4.99 Å². The molecule has 1 rings (SSSR count). The van der Waals surface area contributed by atoms with E-state index in [0.717, 1.165) is 11.8 Å². The van der Waals surface area contributed by atoms with Gasteiger partial charge in [0.2, 0.25) is 12.5 Å². The van der Waals surface area contributed by atoms with Crippen LogP contribution in [0.5, 0.6) is 0 Å². The van der Waals surface area contributed by atoms with E-state index in [0.29, 0.717) is 10.6 Å². The van der Waals surface area contributed by atoms with Crippen LogP contribution < -0.4 is 0 Å². The van der Waals surface area contributed by atoms with Gasteiger partial charge in [-0.15, -0.1) is 11.8 Å². The fourth-order valence-corrected chi connectivity index (χ4v) is 1.62. The Balaban J connectivity index is 2.79. The van der Waals surface area contributed by atoms with Crippen molar-refractivity contribution in [3.63, 3.8) is 0 Å². The molecule has 0 amide bonds. The van der Waals surface area contributed by atoms with Gasteiger partial charge in [0.15, 0.2) is 0 Å². The van der Waals surface area contributed by atoms with E-state index in [-0.39, 0.29) is 5.75 Å². The largest absolute Gasteiger partial charge is 0.247 e. The van der Waals surface area contributed by atoms with Crippen LogP contribution in [0.2, 0.25) is 0 Å². The van der Waals surface area contributed by atoms with Crippen molar-refractivity contribution in [1.29, 1.82) is 0 Å². The highest BCUT2D eigenvalue weighted by Gasteiger charge is 2.06. The molecule has 0 aliphatic rings. The highest BCUT2D eigenvalue weighted by Crippen LogP contribution is 2.29. The summed E-state index contributed by atoms with van der Waals surface area (Å²) in [6.45, 7) is 0. The summed E-state index contributed by atoms with van der Waals surface area (Å²) in [4.78, 5) is 14.0. The summed E-state index contributed by atoms with van der Waals surface area (Å²) < 4.78 is 23.8. The molecule has 14 heavy (non-hydrogen) atoms. The fourth-order valence-electron chi connectivity index (χ4n) is 0.874. The van der Waals surface area contributed by atoms with Gasteiger partial charge in [-0.25, -0.2) is 13.6 Å². The smallest absolute Gasteiger partial charge is 0.211 e.